The molecule has 1 aliphatic carbocycles. The molecule has 0 spiro atoms. The monoisotopic (exact) mass is 278 g/mol. The standard InChI is InChI=1S/C16H26N2S/c1-17-15(14-8-7-13-19-14)16(9-3-4-10-16)18-11-5-2-6-12-18/h7-8,13,15,17H,2-6,9-12H2,1H3. The average molecular weight is 278 g/mol. The normalized spacial score (nSPS) is 25.5. The van der Waals surface area contributed by atoms with E-state index < -0.39 is 0 Å². The van der Waals surface area contributed by atoms with Crippen molar-refractivity contribution in [3.05, 3.63) is 22.4 Å². The van der Waals surface area contributed by atoms with Crippen LogP contribution in [0.3, 0.4) is 0 Å². The zero-order valence-corrected chi connectivity index (χ0v) is 12.8. The van der Waals surface area contributed by atoms with Crippen LogP contribution in [0.25, 0.3) is 0 Å². The van der Waals surface area contributed by atoms with E-state index in [0.717, 1.165) is 0 Å². The molecule has 0 bridgehead atoms. The molecule has 1 saturated heterocycles. The lowest BCUT2D eigenvalue weighted by molar-refractivity contribution is 0.0394. The molecule has 0 amide bonds. The Morgan fingerprint density at radius 2 is 1.89 bits per heavy atom. The molecule has 1 atom stereocenters. The molecule has 0 aromatic carbocycles. The van der Waals surface area contributed by atoms with Crippen molar-refractivity contribution in [2.24, 2.45) is 0 Å². The summed E-state index contributed by atoms with van der Waals surface area (Å²) in [4.78, 5) is 4.35. The summed E-state index contributed by atoms with van der Waals surface area (Å²) in [5.41, 5.74) is 0.389. The van der Waals surface area contributed by atoms with Crippen molar-refractivity contribution in [2.45, 2.75) is 56.5 Å². The van der Waals surface area contributed by atoms with Gasteiger partial charge in [-0.2, -0.15) is 0 Å². The van der Waals surface area contributed by atoms with Crippen LogP contribution in [0.5, 0.6) is 0 Å². The molecular formula is C16H26N2S. The van der Waals surface area contributed by atoms with Gasteiger partial charge in [0.2, 0.25) is 0 Å². The minimum Gasteiger partial charge on any atom is -0.311 e. The van der Waals surface area contributed by atoms with E-state index in [1.807, 2.05) is 11.3 Å². The summed E-state index contributed by atoms with van der Waals surface area (Å²) in [6.07, 6.45) is 9.76. The Bertz CT molecular complexity index is 375. The number of nitrogens with one attached hydrogen (secondary N) is 1. The van der Waals surface area contributed by atoms with Crippen molar-refractivity contribution in [1.29, 1.82) is 0 Å². The van der Waals surface area contributed by atoms with Crippen LogP contribution in [0, 0.1) is 0 Å². The van der Waals surface area contributed by atoms with Crippen molar-refractivity contribution < 1.29 is 0 Å². The number of thiophene rings is 1. The molecule has 1 saturated carbocycles. The molecule has 106 valence electrons. The number of hydrogen-bond donors (Lipinski definition) is 1. The van der Waals surface area contributed by atoms with Gasteiger partial charge in [0.25, 0.3) is 0 Å². The van der Waals surface area contributed by atoms with Crippen LogP contribution in [-0.4, -0.2) is 30.6 Å². The topological polar surface area (TPSA) is 15.3 Å². The van der Waals surface area contributed by atoms with Crippen LogP contribution in [0.2, 0.25) is 0 Å². The highest BCUT2D eigenvalue weighted by Crippen LogP contribution is 2.46. The Morgan fingerprint density at radius 1 is 1.16 bits per heavy atom. The molecule has 2 aliphatic rings. The summed E-state index contributed by atoms with van der Waals surface area (Å²) in [7, 11) is 2.15. The van der Waals surface area contributed by atoms with E-state index in [0.29, 0.717) is 11.6 Å². The zero-order chi connectivity index (χ0) is 13.1. The van der Waals surface area contributed by atoms with Gasteiger partial charge in [-0.25, -0.2) is 0 Å². The lowest BCUT2D eigenvalue weighted by Gasteiger charge is -2.48. The van der Waals surface area contributed by atoms with E-state index in [2.05, 4.69) is 34.8 Å². The Labute approximate surface area is 121 Å². The van der Waals surface area contributed by atoms with Crippen LogP contribution in [0.4, 0.5) is 0 Å². The summed E-state index contributed by atoms with van der Waals surface area (Å²) in [5.74, 6) is 0. The molecule has 0 radical (unpaired) electrons. The molecular weight excluding hydrogens is 252 g/mol. The van der Waals surface area contributed by atoms with Crippen molar-refractivity contribution >= 4 is 11.3 Å². The van der Waals surface area contributed by atoms with Gasteiger partial charge in [0.1, 0.15) is 0 Å². The van der Waals surface area contributed by atoms with Crippen LogP contribution in [0.15, 0.2) is 17.5 Å². The zero-order valence-electron chi connectivity index (χ0n) is 12.0. The molecule has 2 fully saturated rings. The van der Waals surface area contributed by atoms with Gasteiger partial charge in [-0.3, -0.25) is 4.90 Å². The van der Waals surface area contributed by atoms with Gasteiger partial charge in [-0.15, -0.1) is 11.3 Å². The van der Waals surface area contributed by atoms with Gasteiger partial charge >= 0.3 is 0 Å². The second-order valence-electron chi connectivity index (χ2n) is 6.10. The fourth-order valence-electron chi connectivity index (χ4n) is 4.25. The molecule has 1 aliphatic heterocycles. The van der Waals surface area contributed by atoms with Crippen LogP contribution in [0.1, 0.15) is 55.9 Å². The van der Waals surface area contributed by atoms with Crippen molar-refractivity contribution in [3.8, 4) is 0 Å². The largest absolute Gasteiger partial charge is 0.311 e. The second kappa shape index (κ2) is 5.94. The number of piperidine rings is 1. The minimum absolute atomic E-state index is 0.389. The van der Waals surface area contributed by atoms with E-state index >= 15 is 0 Å². The molecule has 2 nitrogen and oxygen atoms in total. The van der Waals surface area contributed by atoms with E-state index in [-0.39, 0.29) is 0 Å². The molecule has 2 heterocycles. The predicted octanol–water partition coefficient (Wildman–Crippen LogP) is 3.81. The number of nitrogens with zero attached hydrogens (tertiary/aromatic N) is 1. The highest BCUT2D eigenvalue weighted by molar-refractivity contribution is 7.10. The predicted molar refractivity (Wildman–Crippen MR) is 82.7 cm³/mol. The number of rotatable bonds is 4. The van der Waals surface area contributed by atoms with Crippen molar-refractivity contribution in [2.75, 3.05) is 20.1 Å². The van der Waals surface area contributed by atoms with Crippen LogP contribution < -0.4 is 5.32 Å². The number of hydrogen-bond acceptors (Lipinski definition) is 3. The first-order chi connectivity index (χ1) is 9.37. The smallest absolute Gasteiger partial charge is 0.0599 e. The van der Waals surface area contributed by atoms with Gasteiger partial charge in [-0.1, -0.05) is 25.3 Å². The van der Waals surface area contributed by atoms with E-state index in [4.69, 9.17) is 0 Å². The lowest BCUT2D eigenvalue weighted by atomic mass is 9.83. The fraction of sp³-hybridized carbons (Fsp3) is 0.750. The molecule has 3 rings (SSSR count). The Kier molecular flexibility index (Phi) is 4.25. The molecule has 1 N–H and O–H groups in total. The average Bonchev–Trinajstić information content (AvgIpc) is 3.13. The minimum atomic E-state index is 0.389. The Hall–Kier alpha value is -0.380. The first-order valence-corrected chi connectivity index (χ1v) is 8.70. The maximum absolute atomic E-state index is 3.65. The Morgan fingerprint density at radius 3 is 2.47 bits per heavy atom. The number of likely N-dealkylation sites (tertiary alicyclic amines) is 1. The molecule has 19 heavy (non-hydrogen) atoms. The lowest BCUT2D eigenvalue weighted by Crippen LogP contribution is -2.55. The third kappa shape index (κ3) is 2.48. The second-order valence-corrected chi connectivity index (χ2v) is 7.07. The third-order valence-corrected chi connectivity index (χ3v) is 6.05. The van der Waals surface area contributed by atoms with Crippen LogP contribution >= 0.6 is 11.3 Å². The first kappa shape index (κ1) is 13.6. The molecule has 1 aromatic heterocycles. The van der Waals surface area contributed by atoms with Gasteiger partial charge in [0.05, 0.1) is 6.04 Å². The van der Waals surface area contributed by atoms with Gasteiger partial charge in [0, 0.05) is 10.4 Å². The van der Waals surface area contributed by atoms with Crippen molar-refractivity contribution in [1.82, 2.24) is 10.2 Å². The quantitative estimate of drug-likeness (QED) is 0.901. The maximum atomic E-state index is 3.65. The van der Waals surface area contributed by atoms with E-state index in [1.54, 1.807) is 0 Å². The van der Waals surface area contributed by atoms with Crippen molar-refractivity contribution in [3.63, 3.8) is 0 Å². The molecule has 3 heteroatoms. The fourth-order valence-corrected chi connectivity index (χ4v) is 5.19. The summed E-state index contributed by atoms with van der Waals surface area (Å²) < 4.78 is 0. The van der Waals surface area contributed by atoms with Gasteiger partial charge < -0.3 is 5.32 Å². The molecule has 1 unspecified atom stereocenters. The van der Waals surface area contributed by atoms with E-state index in [1.165, 1.54) is 62.9 Å². The highest BCUT2D eigenvalue weighted by Gasteiger charge is 2.46. The van der Waals surface area contributed by atoms with Gasteiger partial charge in [0.15, 0.2) is 0 Å². The Balaban J connectivity index is 1.89. The van der Waals surface area contributed by atoms with E-state index in [9.17, 15) is 0 Å². The summed E-state index contributed by atoms with van der Waals surface area (Å²) in [6.45, 7) is 2.62. The summed E-state index contributed by atoms with van der Waals surface area (Å²) >= 11 is 1.92. The first-order valence-electron chi connectivity index (χ1n) is 7.82. The highest BCUT2D eigenvalue weighted by atomic mass is 32.1. The van der Waals surface area contributed by atoms with Crippen LogP contribution in [-0.2, 0) is 0 Å². The van der Waals surface area contributed by atoms with Gasteiger partial charge in [-0.05, 0) is 57.3 Å². The summed E-state index contributed by atoms with van der Waals surface area (Å²) in [6, 6.07) is 5.03. The molecule has 1 aromatic rings. The maximum Gasteiger partial charge on any atom is 0.0599 e. The number of likely N-dealkylation sites (N-methyl/N-ethyl adjacent to an activating group) is 1. The third-order valence-electron chi connectivity index (χ3n) is 5.11. The SMILES string of the molecule is CNC(c1cccs1)C1(N2CCCCC2)CCCC1. The summed E-state index contributed by atoms with van der Waals surface area (Å²) in [5, 5.41) is 5.87.